The van der Waals surface area contributed by atoms with Crippen molar-refractivity contribution in [1.82, 2.24) is 5.32 Å². The number of nitrogens with one attached hydrogen (secondary N) is 1. The van der Waals surface area contributed by atoms with Gasteiger partial charge in [0.2, 0.25) is 0 Å². The lowest BCUT2D eigenvalue weighted by Crippen LogP contribution is -2.40. The maximum absolute atomic E-state index is 5.59. The van der Waals surface area contributed by atoms with Crippen LogP contribution in [0, 0.1) is 5.92 Å². The van der Waals surface area contributed by atoms with Gasteiger partial charge >= 0.3 is 0 Å². The van der Waals surface area contributed by atoms with Crippen LogP contribution in [0.4, 0.5) is 0 Å². The number of methoxy groups -OCH3 is 1. The van der Waals surface area contributed by atoms with Crippen LogP contribution in [0.25, 0.3) is 0 Å². The molecule has 3 nitrogen and oxygen atoms in total. The third kappa shape index (κ3) is 5.52. The minimum Gasteiger partial charge on any atom is -0.385 e. The van der Waals surface area contributed by atoms with Crippen molar-refractivity contribution in [3.63, 3.8) is 0 Å². The summed E-state index contributed by atoms with van der Waals surface area (Å²) >= 11 is 0. The van der Waals surface area contributed by atoms with E-state index in [1.807, 2.05) is 0 Å². The molecule has 0 aliphatic carbocycles. The normalized spacial score (nSPS) is 13.8. The van der Waals surface area contributed by atoms with Crippen molar-refractivity contribution in [2.75, 3.05) is 26.8 Å². The lowest BCUT2D eigenvalue weighted by atomic mass is 10.0. The molecule has 0 bridgehead atoms. The summed E-state index contributed by atoms with van der Waals surface area (Å²) in [6.07, 6.45) is 1.06. The fourth-order valence-corrected chi connectivity index (χ4v) is 1.10. The van der Waals surface area contributed by atoms with Crippen molar-refractivity contribution >= 4 is 0 Å². The van der Waals surface area contributed by atoms with Crippen LogP contribution in [0.2, 0.25) is 0 Å². The van der Waals surface area contributed by atoms with E-state index in [9.17, 15) is 0 Å². The maximum atomic E-state index is 5.59. The van der Waals surface area contributed by atoms with E-state index >= 15 is 0 Å². The van der Waals surface area contributed by atoms with Crippen LogP contribution < -0.4 is 11.1 Å². The SMILES string of the molecule is COCCCNC(CN)C(C)C. The second-order valence-electron chi connectivity index (χ2n) is 3.39. The third-order valence-electron chi connectivity index (χ3n) is 1.99. The van der Waals surface area contributed by atoms with E-state index in [4.69, 9.17) is 10.5 Å². The van der Waals surface area contributed by atoms with Crippen LogP contribution in [0.15, 0.2) is 0 Å². The summed E-state index contributed by atoms with van der Waals surface area (Å²) in [4.78, 5) is 0. The topological polar surface area (TPSA) is 47.3 Å². The fraction of sp³-hybridized carbons (Fsp3) is 1.00. The molecule has 0 aliphatic heterocycles. The van der Waals surface area contributed by atoms with E-state index in [1.54, 1.807) is 7.11 Å². The van der Waals surface area contributed by atoms with Crippen molar-refractivity contribution in [2.45, 2.75) is 26.3 Å². The average molecular weight is 174 g/mol. The molecule has 0 aromatic rings. The average Bonchev–Trinajstić information content (AvgIpc) is 2.04. The van der Waals surface area contributed by atoms with E-state index in [0.29, 0.717) is 18.5 Å². The van der Waals surface area contributed by atoms with E-state index in [0.717, 1.165) is 19.6 Å². The van der Waals surface area contributed by atoms with Gasteiger partial charge in [0.15, 0.2) is 0 Å². The Kier molecular flexibility index (Phi) is 7.45. The minimum atomic E-state index is 0.446. The lowest BCUT2D eigenvalue weighted by molar-refractivity contribution is 0.192. The van der Waals surface area contributed by atoms with Gasteiger partial charge in [-0.3, -0.25) is 0 Å². The zero-order valence-electron chi connectivity index (χ0n) is 8.47. The molecule has 0 saturated carbocycles. The van der Waals surface area contributed by atoms with Gasteiger partial charge in [-0.05, 0) is 18.9 Å². The summed E-state index contributed by atoms with van der Waals surface area (Å²) in [5.74, 6) is 0.609. The van der Waals surface area contributed by atoms with Crippen LogP contribution in [0.5, 0.6) is 0 Å². The molecule has 12 heavy (non-hydrogen) atoms. The van der Waals surface area contributed by atoms with Gasteiger partial charge in [0.05, 0.1) is 0 Å². The number of rotatable bonds is 7. The highest BCUT2D eigenvalue weighted by atomic mass is 16.5. The van der Waals surface area contributed by atoms with Gasteiger partial charge in [0, 0.05) is 26.3 Å². The molecule has 0 spiro atoms. The van der Waals surface area contributed by atoms with E-state index < -0.39 is 0 Å². The zero-order valence-corrected chi connectivity index (χ0v) is 8.47. The maximum Gasteiger partial charge on any atom is 0.0474 e. The lowest BCUT2D eigenvalue weighted by Gasteiger charge is -2.20. The van der Waals surface area contributed by atoms with E-state index in [2.05, 4.69) is 19.2 Å². The van der Waals surface area contributed by atoms with Gasteiger partial charge < -0.3 is 15.8 Å². The molecular weight excluding hydrogens is 152 g/mol. The first-order chi connectivity index (χ1) is 5.72. The highest BCUT2D eigenvalue weighted by Gasteiger charge is 2.08. The van der Waals surface area contributed by atoms with Gasteiger partial charge in [-0.25, -0.2) is 0 Å². The van der Waals surface area contributed by atoms with Gasteiger partial charge in [0.25, 0.3) is 0 Å². The molecule has 1 atom stereocenters. The molecule has 0 rings (SSSR count). The molecule has 0 radical (unpaired) electrons. The van der Waals surface area contributed by atoms with Crippen LogP contribution in [-0.4, -0.2) is 32.8 Å². The van der Waals surface area contributed by atoms with Gasteiger partial charge in [-0.1, -0.05) is 13.8 Å². The van der Waals surface area contributed by atoms with E-state index in [-0.39, 0.29) is 0 Å². The Bertz CT molecular complexity index is 96.5. The summed E-state index contributed by atoms with van der Waals surface area (Å²) in [5, 5.41) is 3.40. The first-order valence-electron chi connectivity index (χ1n) is 4.64. The van der Waals surface area contributed by atoms with Crippen LogP contribution in [-0.2, 0) is 4.74 Å². The Balaban J connectivity index is 3.32. The molecule has 0 aromatic heterocycles. The van der Waals surface area contributed by atoms with Gasteiger partial charge in [-0.15, -0.1) is 0 Å². The Morgan fingerprint density at radius 1 is 1.42 bits per heavy atom. The predicted octanol–water partition coefficient (Wildman–Crippen LogP) is 0.596. The smallest absolute Gasteiger partial charge is 0.0474 e. The first kappa shape index (κ1) is 11.9. The largest absolute Gasteiger partial charge is 0.385 e. The molecule has 74 valence electrons. The molecule has 0 aromatic carbocycles. The Labute approximate surface area is 75.7 Å². The zero-order chi connectivity index (χ0) is 9.40. The number of ether oxygens (including phenoxy) is 1. The molecule has 3 N–H and O–H groups in total. The van der Waals surface area contributed by atoms with Crippen molar-refractivity contribution in [1.29, 1.82) is 0 Å². The monoisotopic (exact) mass is 174 g/mol. The second-order valence-corrected chi connectivity index (χ2v) is 3.39. The molecule has 3 heteroatoms. The third-order valence-corrected chi connectivity index (χ3v) is 1.99. The summed E-state index contributed by atoms with van der Waals surface area (Å²) in [7, 11) is 1.73. The predicted molar refractivity (Wildman–Crippen MR) is 52.2 cm³/mol. The molecule has 0 heterocycles. The first-order valence-corrected chi connectivity index (χ1v) is 4.64. The summed E-state index contributed by atoms with van der Waals surface area (Å²) in [5.41, 5.74) is 5.59. The van der Waals surface area contributed by atoms with Gasteiger partial charge in [-0.2, -0.15) is 0 Å². The van der Waals surface area contributed by atoms with Crippen molar-refractivity contribution < 1.29 is 4.74 Å². The summed E-state index contributed by atoms with van der Waals surface area (Å²) in [6.45, 7) is 6.89. The molecule has 0 fully saturated rings. The van der Waals surface area contributed by atoms with Crippen LogP contribution in [0.3, 0.4) is 0 Å². The fourth-order valence-electron chi connectivity index (χ4n) is 1.10. The van der Waals surface area contributed by atoms with Crippen molar-refractivity contribution in [2.24, 2.45) is 11.7 Å². The molecular formula is C9H22N2O. The second kappa shape index (κ2) is 7.53. The minimum absolute atomic E-state index is 0.446. The van der Waals surface area contributed by atoms with E-state index in [1.165, 1.54) is 0 Å². The number of nitrogens with two attached hydrogens (primary N) is 1. The highest BCUT2D eigenvalue weighted by molar-refractivity contribution is 4.70. The summed E-state index contributed by atoms with van der Waals surface area (Å²) in [6, 6.07) is 0.446. The highest BCUT2D eigenvalue weighted by Crippen LogP contribution is 1.98. The van der Waals surface area contributed by atoms with Crippen LogP contribution >= 0.6 is 0 Å². The van der Waals surface area contributed by atoms with Crippen LogP contribution in [0.1, 0.15) is 20.3 Å². The Morgan fingerprint density at radius 3 is 2.50 bits per heavy atom. The molecule has 0 aliphatic rings. The van der Waals surface area contributed by atoms with Crippen molar-refractivity contribution in [3.8, 4) is 0 Å². The Morgan fingerprint density at radius 2 is 2.08 bits per heavy atom. The molecule has 1 unspecified atom stereocenters. The number of hydrogen-bond acceptors (Lipinski definition) is 3. The van der Waals surface area contributed by atoms with Gasteiger partial charge in [0.1, 0.15) is 0 Å². The Hall–Kier alpha value is -0.120. The van der Waals surface area contributed by atoms with Crippen molar-refractivity contribution in [3.05, 3.63) is 0 Å². The quantitative estimate of drug-likeness (QED) is 0.555. The molecule has 0 saturated heterocycles. The molecule has 0 amide bonds. The standard InChI is InChI=1S/C9H22N2O/c1-8(2)9(7-10)11-5-4-6-12-3/h8-9,11H,4-7,10H2,1-3H3. The number of hydrogen-bond donors (Lipinski definition) is 2. The summed E-state index contributed by atoms with van der Waals surface area (Å²) < 4.78 is 4.95.